The second-order valence-electron chi connectivity index (χ2n) is 4.69. The van der Waals surface area contributed by atoms with Crippen LogP contribution >= 0.6 is 11.3 Å². The zero-order valence-electron chi connectivity index (χ0n) is 10.4. The summed E-state index contributed by atoms with van der Waals surface area (Å²) in [6, 6.07) is 0.209. The zero-order valence-corrected chi connectivity index (χ0v) is 11.2. The Labute approximate surface area is 109 Å². The number of carboxylic acids is 1. The average Bonchev–Trinajstić information content (AvgIpc) is 3.07. The Balaban J connectivity index is 2.13. The van der Waals surface area contributed by atoms with Gasteiger partial charge in [-0.05, 0) is 19.8 Å². The summed E-state index contributed by atoms with van der Waals surface area (Å²) in [5, 5.41) is 8.95. The van der Waals surface area contributed by atoms with Crippen LogP contribution in [0.3, 0.4) is 0 Å². The molecule has 98 valence electrons. The minimum absolute atomic E-state index is 0.0781. The standard InChI is InChI=1S/C12H16N2O3S/c1-7(12(16)17)5-14(9-3-4-9)11(15)10-8(2)13-6-18-10/h6-7,9H,3-5H2,1-2H3,(H,16,17). The van der Waals surface area contributed by atoms with Gasteiger partial charge in [-0.2, -0.15) is 0 Å². The van der Waals surface area contributed by atoms with Gasteiger partial charge in [0.25, 0.3) is 5.91 Å². The fraction of sp³-hybridized carbons (Fsp3) is 0.583. The van der Waals surface area contributed by atoms with Crippen LogP contribution in [0.5, 0.6) is 0 Å². The number of aliphatic carboxylic acids is 1. The maximum atomic E-state index is 12.4. The van der Waals surface area contributed by atoms with Crippen molar-refractivity contribution in [2.45, 2.75) is 32.7 Å². The summed E-state index contributed by atoms with van der Waals surface area (Å²) >= 11 is 1.32. The van der Waals surface area contributed by atoms with Gasteiger partial charge in [0.15, 0.2) is 0 Å². The van der Waals surface area contributed by atoms with Gasteiger partial charge in [0, 0.05) is 12.6 Å². The smallest absolute Gasteiger partial charge is 0.308 e. The van der Waals surface area contributed by atoms with Crippen molar-refractivity contribution >= 4 is 23.2 Å². The summed E-state index contributed by atoms with van der Waals surface area (Å²) < 4.78 is 0. The monoisotopic (exact) mass is 268 g/mol. The quantitative estimate of drug-likeness (QED) is 0.883. The first kappa shape index (κ1) is 13.0. The van der Waals surface area contributed by atoms with Gasteiger partial charge in [0.2, 0.25) is 0 Å². The van der Waals surface area contributed by atoms with Crippen LogP contribution in [-0.4, -0.2) is 39.5 Å². The Morgan fingerprint density at radius 3 is 2.72 bits per heavy atom. The van der Waals surface area contributed by atoms with Crippen LogP contribution < -0.4 is 0 Å². The Morgan fingerprint density at radius 1 is 1.61 bits per heavy atom. The van der Waals surface area contributed by atoms with Gasteiger partial charge in [0.1, 0.15) is 4.88 Å². The van der Waals surface area contributed by atoms with Crippen molar-refractivity contribution in [2.24, 2.45) is 5.92 Å². The van der Waals surface area contributed by atoms with E-state index in [-0.39, 0.29) is 18.5 Å². The van der Waals surface area contributed by atoms with Crippen LogP contribution in [0.2, 0.25) is 0 Å². The molecule has 1 aliphatic rings. The van der Waals surface area contributed by atoms with E-state index in [2.05, 4.69) is 4.98 Å². The SMILES string of the molecule is Cc1ncsc1C(=O)N(CC(C)C(=O)O)C1CC1. The maximum absolute atomic E-state index is 12.4. The number of hydrogen-bond acceptors (Lipinski definition) is 4. The van der Waals surface area contributed by atoms with Crippen LogP contribution in [0, 0.1) is 12.8 Å². The highest BCUT2D eigenvalue weighted by atomic mass is 32.1. The van der Waals surface area contributed by atoms with Crippen LogP contribution in [0.4, 0.5) is 0 Å². The number of rotatable bonds is 5. The molecule has 0 spiro atoms. The molecule has 1 aromatic heterocycles. The first-order chi connectivity index (χ1) is 8.50. The maximum Gasteiger partial charge on any atom is 0.308 e. The van der Waals surface area contributed by atoms with Gasteiger partial charge in [-0.3, -0.25) is 9.59 Å². The van der Waals surface area contributed by atoms with Crippen molar-refractivity contribution in [1.82, 2.24) is 9.88 Å². The molecule has 1 heterocycles. The minimum atomic E-state index is -0.866. The van der Waals surface area contributed by atoms with Crippen molar-refractivity contribution in [3.8, 4) is 0 Å². The molecule has 6 heteroatoms. The highest BCUT2D eigenvalue weighted by Crippen LogP contribution is 2.30. The second-order valence-corrected chi connectivity index (χ2v) is 5.55. The molecule has 18 heavy (non-hydrogen) atoms. The molecule has 0 aromatic carbocycles. The lowest BCUT2D eigenvalue weighted by atomic mass is 10.1. The molecule has 1 aliphatic carbocycles. The Bertz CT molecular complexity index is 468. The molecule has 1 unspecified atom stereocenters. The van der Waals surface area contributed by atoms with E-state index in [1.54, 1.807) is 24.3 Å². The summed E-state index contributed by atoms with van der Waals surface area (Å²) in [5.74, 6) is -1.48. The lowest BCUT2D eigenvalue weighted by Crippen LogP contribution is -2.38. The second kappa shape index (κ2) is 5.06. The number of carbonyl (C=O) groups excluding carboxylic acids is 1. The normalized spacial score (nSPS) is 16.3. The highest BCUT2D eigenvalue weighted by Gasteiger charge is 2.35. The van der Waals surface area contributed by atoms with Gasteiger partial charge in [-0.25, -0.2) is 4.98 Å². The van der Waals surface area contributed by atoms with Gasteiger partial charge >= 0.3 is 5.97 Å². The molecule has 1 saturated carbocycles. The van der Waals surface area contributed by atoms with E-state index in [1.807, 2.05) is 0 Å². The third-order valence-corrected chi connectivity index (χ3v) is 4.00. The number of carboxylic acid groups (broad SMARTS) is 1. The minimum Gasteiger partial charge on any atom is -0.481 e. The number of amides is 1. The van der Waals surface area contributed by atoms with Gasteiger partial charge in [-0.15, -0.1) is 11.3 Å². The molecule has 2 rings (SSSR count). The van der Waals surface area contributed by atoms with Crippen molar-refractivity contribution < 1.29 is 14.7 Å². The first-order valence-corrected chi connectivity index (χ1v) is 6.82. The Kier molecular flexibility index (Phi) is 3.65. The molecule has 1 atom stereocenters. The van der Waals surface area contributed by atoms with Crippen molar-refractivity contribution in [2.75, 3.05) is 6.54 Å². The summed E-state index contributed by atoms with van der Waals surface area (Å²) in [6.07, 6.45) is 1.94. The van der Waals surface area contributed by atoms with Crippen LogP contribution in [0.1, 0.15) is 35.1 Å². The van der Waals surface area contributed by atoms with E-state index >= 15 is 0 Å². The predicted octanol–water partition coefficient (Wildman–Crippen LogP) is 1.78. The third kappa shape index (κ3) is 2.69. The van der Waals surface area contributed by atoms with E-state index in [0.29, 0.717) is 4.88 Å². The molecule has 1 amide bonds. The molecular formula is C12H16N2O3S. The number of aryl methyl sites for hydroxylation is 1. The lowest BCUT2D eigenvalue weighted by molar-refractivity contribution is -0.141. The predicted molar refractivity (Wildman–Crippen MR) is 67.7 cm³/mol. The van der Waals surface area contributed by atoms with E-state index < -0.39 is 11.9 Å². The van der Waals surface area contributed by atoms with Crippen molar-refractivity contribution in [1.29, 1.82) is 0 Å². The molecule has 0 bridgehead atoms. The van der Waals surface area contributed by atoms with Gasteiger partial charge < -0.3 is 10.0 Å². The van der Waals surface area contributed by atoms with Crippen molar-refractivity contribution in [3.05, 3.63) is 16.1 Å². The van der Waals surface area contributed by atoms with Gasteiger partial charge in [0.05, 0.1) is 17.1 Å². The molecule has 1 aromatic rings. The number of thiazole rings is 1. The van der Waals surface area contributed by atoms with E-state index in [0.717, 1.165) is 18.5 Å². The summed E-state index contributed by atoms with van der Waals surface area (Å²) in [4.78, 5) is 29.7. The zero-order chi connectivity index (χ0) is 13.3. The van der Waals surface area contributed by atoms with E-state index in [9.17, 15) is 9.59 Å². The topological polar surface area (TPSA) is 70.5 Å². The van der Waals surface area contributed by atoms with Crippen molar-refractivity contribution in [3.63, 3.8) is 0 Å². The number of hydrogen-bond donors (Lipinski definition) is 1. The Morgan fingerprint density at radius 2 is 2.28 bits per heavy atom. The Hall–Kier alpha value is -1.43. The third-order valence-electron chi connectivity index (χ3n) is 3.08. The first-order valence-electron chi connectivity index (χ1n) is 5.94. The summed E-state index contributed by atoms with van der Waals surface area (Å²) in [5.41, 5.74) is 2.37. The summed E-state index contributed by atoms with van der Waals surface area (Å²) in [7, 11) is 0. The molecule has 0 saturated heterocycles. The van der Waals surface area contributed by atoms with Crippen LogP contribution in [-0.2, 0) is 4.79 Å². The highest BCUT2D eigenvalue weighted by molar-refractivity contribution is 7.11. The fourth-order valence-electron chi connectivity index (χ4n) is 1.79. The number of nitrogens with zero attached hydrogens (tertiary/aromatic N) is 2. The molecule has 0 radical (unpaired) electrons. The number of aromatic nitrogens is 1. The van der Waals surface area contributed by atoms with Crippen LogP contribution in [0.25, 0.3) is 0 Å². The van der Waals surface area contributed by atoms with E-state index in [1.165, 1.54) is 11.3 Å². The molecule has 0 aliphatic heterocycles. The molecular weight excluding hydrogens is 252 g/mol. The largest absolute Gasteiger partial charge is 0.481 e. The summed E-state index contributed by atoms with van der Waals surface area (Å²) in [6.45, 7) is 3.70. The molecule has 5 nitrogen and oxygen atoms in total. The van der Waals surface area contributed by atoms with Gasteiger partial charge in [-0.1, -0.05) is 6.92 Å². The average molecular weight is 268 g/mol. The molecule has 1 N–H and O–H groups in total. The number of carbonyl (C=O) groups is 2. The lowest BCUT2D eigenvalue weighted by Gasteiger charge is -2.23. The molecule has 1 fully saturated rings. The van der Waals surface area contributed by atoms with E-state index in [4.69, 9.17) is 5.11 Å². The fourth-order valence-corrected chi connectivity index (χ4v) is 2.55. The van der Waals surface area contributed by atoms with Crippen LogP contribution in [0.15, 0.2) is 5.51 Å².